The number of nitrogens with one attached hydrogen (secondary N) is 2. The maximum atomic E-state index is 4.24. The molecule has 0 bridgehead atoms. The van der Waals surface area contributed by atoms with Crippen molar-refractivity contribution in [1.82, 2.24) is 15.6 Å². The van der Waals surface area contributed by atoms with Crippen LogP contribution in [0.15, 0.2) is 23.3 Å². The number of hydrogen-bond donors (Lipinski definition) is 2. The number of aromatic nitrogens is 1. The number of thiazole rings is 1. The van der Waals surface area contributed by atoms with Gasteiger partial charge < -0.3 is 10.6 Å². The maximum absolute atomic E-state index is 4.24. The molecule has 2 N–H and O–H groups in total. The Labute approximate surface area is 121 Å². The van der Waals surface area contributed by atoms with Gasteiger partial charge in [-0.15, -0.1) is 22.7 Å². The molecule has 0 radical (unpaired) electrons. The van der Waals surface area contributed by atoms with E-state index in [4.69, 9.17) is 0 Å². The first-order chi connectivity index (χ1) is 9.17. The van der Waals surface area contributed by atoms with E-state index in [0.717, 1.165) is 24.1 Å². The molecule has 0 aliphatic rings. The van der Waals surface area contributed by atoms with Crippen molar-refractivity contribution in [1.29, 1.82) is 0 Å². The zero-order valence-corrected chi connectivity index (χ0v) is 13.0. The maximum Gasteiger partial charge on any atom is 0.191 e. The van der Waals surface area contributed by atoms with Gasteiger partial charge in [-0.1, -0.05) is 0 Å². The highest BCUT2D eigenvalue weighted by Crippen LogP contribution is 2.14. The summed E-state index contributed by atoms with van der Waals surface area (Å²) in [5.74, 6) is 0.817. The molecule has 0 atom stereocenters. The molecule has 0 aliphatic heterocycles. The average molecular weight is 294 g/mol. The summed E-state index contributed by atoms with van der Waals surface area (Å²) in [5.41, 5.74) is 0. The molecule has 0 aromatic carbocycles. The third-order valence-electron chi connectivity index (χ3n) is 2.55. The van der Waals surface area contributed by atoms with Crippen molar-refractivity contribution < 1.29 is 0 Å². The monoisotopic (exact) mass is 294 g/mol. The van der Waals surface area contributed by atoms with Gasteiger partial charge in [-0.05, 0) is 26.0 Å². The third kappa shape index (κ3) is 4.33. The third-order valence-corrected chi connectivity index (χ3v) is 4.46. The summed E-state index contributed by atoms with van der Waals surface area (Å²) in [6.45, 7) is 5.70. The van der Waals surface area contributed by atoms with Gasteiger partial charge in [0.1, 0.15) is 0 Å². The number of aryl methyl sites for hydroxylation is 2. The molecule has 2 rings (SSSR count). The summed E-state index contributed by atoms with van der Waals surface area (Å²) < 4.78 is 0. The van der Waals surface area contributed by atoms with Gasteiger partial charge in [-0.3, -0.25) is 4.99 Å². The quantitative estimate of drug-likeness (QED) is 0.673. The predicted molar refractivity (Wildman–Crippen MR) is 82.9 cm³/mol. The van der Waals surface area contributed by atoms with Crippen LogP contribution in [-0.4, -0.2) is 18.0 Å². The standard InChI is InChI=1S/C13H18N4S2/c1-9-4-5-11(18-9)6-16-13(14-3)17-8-12-7-15-10(2)19-12/h4-5,7H,6,8H2,1-3H3,(H2,14,16,17). The van der Waals surface area contributed by atoms with Gasteiger partial charge in [0.05, 0.1) is 18.1 Å². The van der Waals surface area contributed by atoms with Crippen LogP contribution in [0.25, 0.3) is 0 Å². The van der Waals surface area contributed by atoms with E-state index in [1.54, 1.807) is 29.7 Å². The molecule has 0 amide bonds. The number of aliphatic imine (C=N–C) groups is 1. The topological polar surface area (TPSA) is 49.3 Å². The first-order valence-electron chi connectivity index (χ1n) is 6.08. The summed E-state index contributed by atoms with van der Waals surface area (Å²) in [6, 6.07) is 4.28. The lowest BCUT2D eigenvalue weighted by Gasteiger charge is -2.09. The molecule has 0 saturated heterocycles. The van der Waals surface area contributed by atoms with Crippen molar-refractivity contribution in [2.45, 2.75) is 26.9 Å². The molecule has 0 fully saturated rings. The molecule has 0 spiro atoms. The van der Waals surface area contributed by atoms with E-state index in [2.05, 4.69) is 39.7 Å². The smallest absolute Gasteiger partial charge is 0.191 e. The Kier molecular flexibility index (Phi) is 4.93. The Hall–Kier alpha value is -1.40. The molecule has 0 unspecified atom stereocenters. The highest BCUT2D eigenvalue weighted by atomic mass is 32.1. The lowest BCUT2D eigenvalue weighted by molar-refractivity contribution is 0.821. The van der Waals surface area contributed by atoms with Gasteiger partial charge in [-0.25, -0.2) is 4.98 Å². The molecular weight excluding hydrogens is 276 g/mol. The van der Waals surface area contributed by atoms with Crippen LogP contribution in [0.3, 0.4) is 0 Å². The Morgan fingerprint density at radius 3 is 2.42 bits per heavy atom. The fourth-order valence-corrected chi connectivity index (χ4v) is 3.19. The summed E-state index contributed by atoms with van der Waals surface area (Å²) in [4.78, 5) is 12.3. The van der Waals surface area contributed by atoms with Crippen LogP contribution in [0.1, 0.15) is 19.6 Å². The lowest BCUT2D eigenvalue weighted by Crippen LogP contribution is -2.35. The van der Waals surface area contributed by atoms with Crippen LogP contribution < -0.4 is 10.6 Å². The van der Waals surface area contributed by atoms with E-state index in [-0.39, 0.29) is 0 Å². The Morgan fingerprint density at radius 1 is 1.16 bits per heavy atom. The molecule has 102 valence electrons. The minimum Gasteiger partial charge on any atom is -0.352 e. The van der Waals surface area contributed by atoms with E-state index >= 15 is 0 Å². The molecule has 4 nitrogen and oxygen atoms in total. The summed E-state index contributed by atoms with van der Waals surface area (Å²) >= 11 is 3.51. The lowest BCUT2D eigenvalue weighted by atomic mass is 10.4. The minimum absolute atomic E-state index is 0.759. The van der Waals surface area contributed by atoms with E-state index < -0.39 is 0 Å². The van der Waals surface area contributed by atoms with Gasteiger partial charge in [-0.2, -0.15) is 0 Å². The van der Waals surface area contributed by atoms with Crippen molar-refractivity contribution in [2.75, 3.05) is 7.05 Å². The SMILES string of the molecule is CN=C(NCc1ccc(C)s1)NCc1cnc(C)s1. The van der Waals surface area contributed by atoms with Gasteiger partial charge in [0.15, 0.2) is 5.96 Å². The van der Waals surface area contributed by atoms with E-state index in [1.807, 2.05) is 13.1 Å². The second-order valence-electron chi connectivity index (χ2n) is 4.14. The second-order valence-corrected chi connectivity index (χ2v) is 6.83. The van der Waals surface area contributed by atoms with Gasteiger partial charge in [0, 0.05) is 27.9 Å². The molecule has 2 heterocycles. The van der Waals surface area contributed by atoms with Crippen LogP contribution in [-0.2, 0) is 13.1 Å². The average Bonchev–Trinajstić information content (AvgIpc) is 2.99. The van der Waals surface area contributed by atoms with Crippen molar-refractivity contribution in [2.24, 2.45) is 4.99 Å². The number of hydrogen-bond acceptors (Lipinski definition) is 4. The fourth-order valence-electron chi connectivity index (χ4n) is 1.63. The zero-order valence-electron chi connectivity index (χ0n) is 11.4. The van der Waals surface area contributed by atoms with Crippen LogP contribution in [0.4, 0.5) is 0 Å². The van der Waals surface area contributed by atoms with Crippen LogP contribution in [0.5, 0.6) is 0 Å². The molecule has 2 aromatic rings. The molecule has 0 saturated carbocycles. The number of nitrogens with zero attached hydrogens (tertiary/aromatic N) is 2. The van der Waals surface area contributed by atoms with Crippen molar-refractivity contribution in [3.63, 3.8) is 0 Å². The normalized spacial score (nSPS) is 11.6. The Balaban J connectivity index is 1.80. The Bertz CT molecular complexity index is 510. The van der Waals surface area contributed by atoms with Crippen molar-refractivity contribution >= 4 is 28.6 Å². The molecular formula is C13H18N4S2. The fraction of sp³-hybridized carbons (Fsp3) is 0.385. The number of rotatable bonds is 4. The van der Waals surface area contributed by atoms with Crippen molar-refractivity contribution in [3.05, 3.63) is 38.0 Å². The molecule has 0 aliphatic carbocycles. The molecule has 2 aromatic heterocycles. The first-order valence-corrected chi connectivity index (χ1v) is 7.72. The van der Waals surface area contributed by atoms with Crippen LogP contribution >= 0.6 is 22.7 Å². The summed E-state index contributed by atoms with van der Waals surface area (Å²) in [6.07, 6.45) is 1.91. The summed E-state index contributed by atoms with van der Waals surface area (Å²) in [5, 5.41) is 7.69. The van der Waals surface area contributed by atoms with Crippen LogP contribution in [0.2, 0.25) is 0 Å². The van der Waals surface area contributed by atoms with E-state index in [1.165, 1.54) is 14.6 Å². The zero-order chi connectivity index (χ0) is 13.7. The van der Waals surface area contributed by atoms with Gasteiger partial charge >= 0.3 is 0 Å². The van der Waals surface area contributed by atoms with Crippen LogP contribution in [0, 0.1) is 13.8 Å². The van der Waals surface area contributed by atoms with Gasteiger partial charge in [0.25, 0.3) is 0 Å². The number of guanidine groups is 1. The van der Waals surface area contributed by atoms with Gasteiger partial charge in [0.2, 0.25) is 0 Å². The minimum atomic E-state index is 0.759. The highest BCUT2D eigenvalue weighted by Gasteiger charge is 2.02. The predicted octanol–water partition coefficient (Wildman–Crippen LogP) is 2.69. The molecule has 6 heteroatoms. The van der Waals surface area contributed by atoms with E-state index in [9.17, 15) is 0 Å². The molecule has 19 heavy (non-hydrogen) atoms. The first kappa shape index (κ1) is 14.0. The summed E-state index contributed by atoms with van der Waals surface area (Å²) in [7, 11) is 1.78. The van der Waals surface area contributed by atoms with E-state index in [0.29, 0.717) is 0 Å². The Morgan fingerprint density at radius 2 is 1.89 bits per heavy atom. The second kappa shape index (κ2) is 6.68. The number of thiophene rings is 1. The highest BCUT2D eigenvalue weighted by molar-refractivity contribution is 7.12. The van der Waals surface area contributed by atoms with Crippen molar-refractivity contribution in [3.8, 4) is 0 Å². The largest absolute Gasteiger partial charge is 0.352 e.